The molecule has 3 nitrogen and oxygen atoms in total. The SMILES string of the molecule is CCOC(=O)c1[nH]cc2c1C1=CC2CC1. The first kappa shape index (κ1) is 8.77. The summed E-state index contributed by atoms with van der Waals surface area (Å²) in [5.74, 6) is 0.307. The third-order valence-corrected chi connectivity index (χ3v) is 3.24. The second kappa shape index (κ2) is 2.99. The second-order valence-corrected chi connectivity index (χ2v) is 4.05. The fourth-order valence-electron chi connectivity index (χ4n) is 2.62. The highest BCUT2D eigenvalue weighted by Gasteiger charge is 2.34. The minimum Gasteiger partial charge on any atom is -0.461 e. The zero-order chi connectivity index (χ0) is 10.4. The molecule has 1 aromatic rings. The molecule has 78 valence electrons. The van der Waals surface area contributed by atoms with Gasteiger partial charge in [0.1, 0.15) is 5.69 Å². The highest BCUT2D eigenvalue weighted by atomic mass is 16.5. The molecule has 3 rings (SSSR count). The Morgan fingerprint density at radius 3 is 3.33 bits per heavy atom. The predicted octanol–water partition coefficient (Wildman–Crippen LogP) is 2.47. The number of fused-ring (bicyclic) bond motifs is 4. The van der Waals surface area contributed by atoms with Crippen LogP contribution in [0, 0.1) is 0 Å². The Balaban J connectivity index is 2.02. The van der Waals surface area contributed by atoms with E-state index in [1.54, 1.807) is 0 Å². The molecule has 0 aliphatic heterocycles. The number of rotatable bonds is 2. The van der Waals surface area contributed by atoms with Gasteiger partial charge in [0.25, 0.3) is 0 Å². The van der Waals surface area contributed by atoms with E-state index in [0.29, 0.717) is 18.2 Å². The smallest absolute Gasteiger partial charge is 0.355 e. The Morgan fingerprint density at radius 1 is 1.67 bits per heavy atom. The monoisotopic (exact) mass is 203 g/mol. The maximum absolute atomic E-state index is 11.7. The molecule has 1 aromatic heterocycles. The lowest BCUT2D eigenvalue weighted by atomic mass is 9.93. The Kier molecular flexibility index (Phi) is 1.75. The molecule has 0 spiro atoms. The van der Waals surface area contributed by atoms with Gasteiger partial charge in [0.05, 0.1) is 6.61 Å². The summed E-state index contributed by atoms with van der Waals surface area (Å²) < 4.78 is 5.02. The first-order chi connectivity index (χ1) is 7.31. The highest BCUT2D eigenvalue weighted by molar-refractivity contribution is 5.97. The molecule has 1 atom stereocenters. The zero-order valence-corrected chi connectivity index (χ0v) is 8.67. The van der Waals surface area contributed by atoms with Crippen LogP contribution in [-0.2, 0) is 4.74 Å². The molecular weight excluding hydrogens is 190 g/mol. The van der Waals surface area contributed by atoms with Gasteiger partial charge in [0, 0.05) is 17.7 Å². The van der Waals surface area contributed by atoms with Crippen molar-refractivity contribution in [3.63, 3.8) is 0 Å². The molecule has 3 heteroatoms. The number of hydrogen-bond acceptors (Lipinski definition) is 2. The lowest BCUT2D eigenvalue weighted by Gasteiger charge is -2.11. The Labute approximate surface area is 88.1 Å². The summed E-state index contributed by atoms with van der Waals surface area (Å²) in [6, 6.07) is 0. The average Bonchev–Trinajstić information content (AvgIpc) is 2.90. The number of carbonyl (C=O) groups is 1. The van der Waals surface area contributed by atoms with Gasteiger partial charge in [0.2, 0.25) is 0 Å². The summed E-state index contributed by atoms with van der Waals surface area (Å²) in [6.07, 6.45) is 6.53. The molecule has 2 aliphatic carbocycles. The number of allylic oxidation sites excluding steroid dienone is 2. The van der Waals surface area contributed by atoms with E-state index in [-0.39, 0.29) is 5.97 Å². The highest BCUT2D eigenvalue weighted by Crippen LogP contribution is 2.48. The molecule has 1 N–H and O–H groups in total. The van der Waals surface area contributed by atoms with E-state index < -0.39 is 0 Å². The van der Waals surface area contributed by atoms with Crippen LogP contribution in [0.3, 0.4) is 0 Å². The van der Waals surface area contributed by atoms with E-state index in [9.17, 15) is 4.79 Å². The van der Waals surface area contributed by atoms with Crippen molar-refractivity contribution < 1.29 is 9.53 Å². The summed E-state index contributed by atoms with van der Waals surface area (Å²) in [6.45, 7) is 2.25. The molecule has 0 radical (unpaired) electrons. The van der Waals surface area contributed by atoms with Gasteiger partial charge in [-0.15, -0.1) is 0 Å². The number of carbonyl (C=O) groups excluding carboxylic acids is 1. The maximum atomic E-state index is 11.7. The number of nitrogens with one attached hydrogen (secondary N) is 1. The van der Waals surface area contributed by atoms with Crippen LogP contribution in [0.5, 0.6) is 0 Å². The minimum atomic E-state index is -0.229. The minimum absolute atomic E-state index is 0.229. The lowest BCUT2D eigenvalue weighted by Crippen LogP contribution is -2.08. The van der Waals surface area contributed by atoms with E-state index in [1.807, 2.05) is 13.1 Å². The second-order valence-electron chi connectivity index (χ2n) is 4.05. The molecule has 1 heterocycles. The molecule has 0 fully saturated rings. The van der Waals surface area contributed by atoms with Crippen molar-refractivity contribution in [3.05, 3.63) is 29.1 Å². The average molecular weight is 203 g/mol. The molecule has 2 aliphatic rings. The van der Waals surface area contributed by atoms with Crippen LogP contribution < -0.4 is 0 Å². The Morgan fingerprint density at radius 2 is 2.53 bits per heavy atom. The van der Waals surface area contributed by atoms with Crippen LogP contribution in [0.4, 0.5) is 0 Å². The number of ether oxygens (including phenoxy) is 1. The molecule has 0 saturated heterocycles. The number of aromatic amines is 1. The van der Waals surface area contributed by atoms with Crippen molar-refractivity contribution in [3.8, 4) is 0 Å². The predicted molar refractivity (Wildman–Crippen MR) is 56.7 cm³/mol. The van der Waals surface area contributed by atoms with Gasteiger partial charge in [-0.25, -0.2) is 4.79 Å². The van der Waals surface area contributed by atoms with Gasteiger partial charge in [-0.05, 0) is 30.9 Å². The number of H-pyrrole nitrogens is 1. The lowest BCUT2D eigenvalue weighted by molar-refractivity contribution is 0.0520. The maximum Gasteiger partial charge on any atom is 0.355 e. The van der Waals surface area contributed by atoms with Crippen LogP contribution in [0.25, 0.3) is 5.57 Å². The van der Waals surface area contributed by atoms with Gasteiger partial charge in [-0.1, -0.05) is 6.08 Å². The molecular formula is C12H13NO2. The summed E-state index contributed by atoms with van der Waals surface area (Å²) in [5.41, 5.74) is 4.35. The summed E-state index contributed by atoms with van der Waals surface area (Å²) in [5, 5.41) is 0. The molecule has 15 heavy (non-hydrogen) atoms. The fourth-order valence-corrected chi connectivity index (χ4v) is 2.62. The van der Waals surface area contributed by atoms with Crippen LogP contribution in [0.1, 0.15) is 47.3 Å². The molecule has 2 bridgehead atoms. The number of hydrogen-bond donors (Lipinski definition) is 1. The molecule has 0 aromatic carbocycles. The first-order valence-electron chi connectivity index (χ1n) is 5.40. The van der Waals surface area contributed by atoms with E-state index in [2.05, 4.69) is 11.1 Å². The van der Waals surface area contributed by atoms with Crippen molar-refractivity contribution in [2.75, 3.05) is 6.61 Å². The van der Waals surface area contributed by atoms with Gasteiger partial charge < -0.3 is 9.72 Å². The summed E-state index contributed by atoms with van der Waals surface area (Å²) >= 11 is 0. The van der Waals surface area contributed by atoms with Crippen LogP contribution in [-0.4, -0.2) is 17.6 Å². The van der Waals surface area contributed by atoms with Crippen molar-refractivity contribution in [2.24, 2.45) is 0 Å². The van der Waals surface area contributed by atoms with Crippen molar-refractivity contribution >= 4 is 11.5 Å². The quantitative estimate of drug-likeness (QED) is 0.750. The first-order valence-corrected chi connectivity index (χ1v) is 5.40. The van der Waals surface area contributed by atoms with Crippen molar-refractivity contribution in [1.29, 1.82) is 0 Å². The van der Waals surface area contributed by atoms with E-state index in [0.717, 1.165) is 12.0 Å². The number of aromatic nitrogens is 1. The topological polar surface area (TPSA) is 42.1 Å². The number of esters is 1. The zero-order valence-electron chi connectivity index (χ0n) is 8.67. The Bertz CT molecular complexity index is 456. The van der Waals surface area contributed by atoms with E-state index in [4.69, 9.17) is 4.74 Å². The largest absolute Gasteiger partial charge is 0.461 e. The van der Waals surface area contributed by atoms with Gasteiger partial charge in [0.15, 0.2) is 0 Å². The van der Waals surface area contributed by atoms with Crippen molar-refractivity contribution in [1.82, 2.24) is 4.98 Å². The van der Waals surface area contributed by atoms with Gasteiger partial charge >= 0.3 is 5.97 Å². The van der Waals surface area contributed by atoms with E-state index in [1.165, 1.54) is 17.6 Å². The third kappa shape index (κ3) is 1.09. The molecule has 0 amide bonds. The molecule has 1 unspecified atom stereocenters. The van der Waals surface area contributed by atoms with Gasteiger partial charge in [-0.3, -0.25) is 0 Å². The standard InChI is InChI=1S/C12H13NO2/c1-2-15-12(14)11-10-8-4-3-7(5-8)9(10)6-13-11/h5-7,13H,2-4H2,1H3. The normalized spacial score (nSPS) is 21.4. The van der Waals surface area contributed by atoms with Crippen molar-refractivity contribution in [2.45, 2.75) is 25.7 Å². The summed E-state index contributed by atoms with van der Waals surface area (Å²) in [4.78, 5) is 14.7. The van der Waals surface area contributed by atoms with Crippen LogP contribution >= 0.6 is 0 Å². The fraction of sp³-hybridized carbons (Fsp3) is 0.417. The third-order valence-electron chi connectivity index (χ3n) is 3.24. The molecule has 0 saturated carbocycles. The van der Waals surface area contributed by atoms with E-state index >= 15 is 0 Å². The summed E-state index contributed by atoms with van der Waals surface area (Å²) in [7, 11) is 0. The van der Waals surface area contributed by atoms with Crippen LogP contribution in [0.2, 0.25) is 0 Å². The van der Waals surface area contributed by atoms with Crippen LogP contribution in [0.15, 0.2) is 12.3 Å². The van der Waals surface area contributed by atoms with Gasteiger partial charge in [-0.2, -0.15) is 0 Å². The Hall–Kier alpha value is -1.51.